The van der Waals surface area contributed by atoms with Gasteiger partial charge in [0.15, 0.2) is 0 Å². The lowest BCUT2D eigenvalue weighted by Crippen LogP contribution is -2.56. The smallest absolute Gasteiger partial charge is 0.0693 e. The van der Waals surface area contributed by atoms with E-state index in [2.05, 4.69) is 40.7 Å². The molecule has 9 atom stereocenters. The summed E-state index contributed by atoms with van der Waals surface area (Å²) in [7, 11) is 0. The van der Waals surface area contributed by atoms with Gasteiger partial charge in [0.1, 0.15) is 0 Å². The molecule has 3 heteroatoms. The van der Waals surface area contributed by atoms with Crippen LogP contribution in [0, 0.1) is 46.3 Å². The van der Waals surface area contributed by atoms with Crippen molar-refractivity contribution in [3.63, 3.8) is 0 Å². The van der Waals surface area contributed by atoms with Gasteiger partial charge in [-0.1, -0.05) is 65.5 Å². The lowest BCUT2D eigenvalue weighted by Gasteiger charge is -2.60. The quantitative estimate of drug-likeness (QED) is 0.297. The molecule has 3 N–H and O–H groups in total. The highest BCUT2D eigenvalue weighted by Crippen LogP contribution is 2.67. The lowest BCUT2D eigenvalue weighted by atomic mass is 9.46. The minimum atomic E-state index is -0.250. The van der Waals surface area contributed by atoms with Crippen LogP contribution in [-0.4, -0.2) is 30.5 Å². The van der Waals surface area contributed by atoms with E-state index in [9.17, 15) is 5.11 Å². The second kappa shape index (κ2) is 10.3. The normalized spacial score (nSPS) is 43.6. The summed E-state index contributed by atoms with van der Waals surface area (Å²) < 4.78 is 6.49. The Kier molecular flexibility index (Phi) is 8.03. The zero-order chi connectivity index (χ0) is 23.8. The molecule has 0 radical (unpaired) electrons. The fourth-order valence-electron chi connectivity index (χ4n) is 9.25. The first-order valence-electron chi connectivity index (χ1n) is 14.4. The summed E-state index contributed by atoms with van der Waals surface area (Å²) in [6.45, 7) is 13.9. The molecule has 0 bridgehead atoms. The van der Waals surface area contributed by atoms with Crippen LogP contribution in [0.4, 0.5) is 0 Å². The van der Waals surface area contributed by atoms with Gasteiger partial charge in [-0.25, -0.2) is 0 Å². The molecule has 0 aliphatic heterocycles. The zero-order valence-corrected chi connectivity index (χ0v) is 22.3. The van der Waals surface area contributed by atoms with E-state index in [1.54, 1.807) is 0 Å². The molecule has 0 aromatic heterocycles. The average Bonchev–Trinajstić information content (AvgIpc) is 3.11. The van der Waals surface area contributed by atoms with Gasteiger partial charge in [0.05, 0.1) is 12.2 Å². The molecule has 33 heavy (non-hydrogen) atoms. The topological polar surface area (TPSA) is 55.5 Å². The van der Waals surface area contributed by atoms with Crippen LogP contribution in [0.2, 0.25) is 0 Å². The summed E-state index contributed by atoms with van der Waals surface area (Å²) in [4.78, 5) is 0. The highest BCUT2D eigenvalue weighted by molar-refractivity contribution is 5.28. The van der Waals surface area contributed by atoms with Crippen LogP contribution < -0.4 is 5.73 Å². The van der Waals surface area contributed by atoms with Crippen molar-refractivity contribution in [2.45, 2.75) is 117 Å². The van der Waals surface area contributed by atoms with Crippen molar-refractivity contribution < 1.29 is 9.84 Å². The number of allylic oxidation sites excluding steroid dienone is 1. The van der Waals surface area contributed by atoms with Gasteiger partial charge in [0.2, 0.25) is 0 Å². The number of aliphatic hydroxyl groups excluding tert-OH is 1. The molecule has 0 aromatic rings. The standard InChI is InChI=1S/C30H53NO2/c1-20(2)8-6-9-21(3)25-12-13-26-24-11-10-22-18-23(32)19-28(33-17-7-16-31)30(22,5)27(24)14-15-29(25,26)4/h10,20-21,23-28,32H,6-9,11-19,31H2,1-5H3/t21-,23-,24+,25-,26+,27+,28?,29-,30+/m1/s1. The van der Waals surface area contributed by atoms with E-state index in [1.807, 2.05) is 0 Å². The van der Waals surface area contributed by atoms with Crippen LogP contribution in [0.15, 0.2) is 11.6 Å². The number of aliphatic hydroxyl groups is 1. The third-order valence-corrected chi connectivity index (χ3v) is 11.0. The van der Waals surface area contributed by atoms with Crippen molar-refractivity contribution in [1.29, 1.82) is 0 Å². The third kappa shape index (κ3) is 4.73. The van der Waals surface area contributed by atoms with E-state index < -0.39 is 0 Å². The Morgan fingerprint density at radius 1 is 1.09 bits per heavy atom. The first-order valence-corrected chi connectivity index (χ1v) is 14.4. The Hall–Kier alpha value is -0.380. The Morgan fingerprint density at radius 2 is 1.88 bits per heavy atom. The van der Waals surface area contributed by atoms with Gasteiger partial charge in [0, 0.05) is 18.4 Å². The molecular formula is C30H53NO2. The number of nitrogens with two attached hydrogens (primary N) is 1. The zero-order valence-electron chi connectivity index (χ0n) is 22.3. The minimum absolute atomic E-state index is 0.0963. The number of rotatable bonds is 9. The van der Waals surface area contributed by atoms with Gasteiger partial charge in [-0.2, -0.15) is 0 Å². The lowest BCUT2D eigenvalue weighted by molar-refractivity contribution is -0.131. The number of fused-ring (bicyclic) bond motifs is 5. The summed E-state index contributed by atoms with van der Waals surface area (Å²) in [5.74, 6) is 4.95. The summed E-state index contributed by atoms with van der Waals surface area (Å²) in [5.41, 5.74) is 7.87. The number of hydrogen-bond donors (Lipinski definition) is 2. The first-order chi connectivity index (χ1) is 15.7. The van der Waals surface area contributed by atoms with Crippen molar-refractivity contribution in [3.05, 3.63) is 11.6 Å². The fraction of sp³-hybridized carbons (Fsp3) is 0.933. The van der Waals surface area contributed by atoms with Crippen LogP contribution in [0.1, 0.15) is 105 Å². The van der Waals surface area contributed by atoms with E-state index >= 15 is 0 Å². The van der Waals surface area contributed by atoms with Crippen molar-refractivity contribution in [2.24, 2.45) is 52.1 Å². The Morgan fingerprint density at radius 3 is 2.61 bits per heavy atom. The summed E-state index contributed by atoms with van der Waals surface area (Å²) in [6, 6.07) is 0. The summed E-state index contributed by atoms with van der Waals surface area (Å²) in [6.07, 6.45) is 16.0. The number of ether oxygens (including phenoxy) is 1. The highest BCUT2D eigenvalue weighted by Gasteiger charge is 2.61. The Balaban J connectivity index is 1.52. The van der Waals surface area contributed by atoms with E-state index in [-0.39, 0.29) is 17.6 Å². The predicted molar refractivity (Wildman–Crippen MR) is 138 cm³/mol. The third-order valence-electron chi connectivity index (χ3n) is 11.0. The SMILES string of the molecule is CC(C)CCC[C@@H](C)[C@H]1CC[C@H]2[C@@H]3CC=C4C[C@@H](O)CC(OCCCN)[C@]4(C)[C@H]3CC[C@]12C. The van der Waals surface area contributed by atoms with Gasteiger partial charge in [-0.3, -0.25) is 0 Å². The van der Waals surface area contributed by atoms with Gasteiger partial charge in [0.25, 0.3) is 0 Å². The second-order valence-electron chi connectivity index (χ2n) is 13.3. The molecule has 3 nitrogen and oxygen atoms in total. The van der Waals surface area contributed by atoms with Crippen LogP contribution in [-0.2, 0) is 4.74 Å². The van der Waals surface area contributed by atoms with E-state index in [4.69, 9.17) is 10.5 Å². The van der Waals surface area contributed by atoms with Crippen LogP contribution in [0.25, 0.3) is 0 Å². The van der Waals surface area contributed by atoms with Crippen LogP contribution in [0.3, 0.4) is 0 Å². The van der Waals surface area contributed by atoms with Gasteiger partial charge < -0.3 is 15.6 Å². The molecule has 0 amide bonds. The Labute approximate surface area is 204 Å². The molecule has 0 saturated heterocycles. The molecule has 3 saturated carbocycles. The van der Waals surface area contributed by atoms with Gasteiger partial charge in [-0.15, -0.1) is 0 Å². The van der Waals surface area contributed by atoms with E-state index in [0.29, 0.717) is 17.9 Å². The molecule has 0 heterocycles. The molecule has 4 rings (SSSR count). The van der Waals surface area contributed by atoms with Crippen molar-refractivity contribution in [1.82, 2.24) is 0 Å². The minimum Gasteiger partial charge on any atom is -0.393 e. The molecule has 0 spiro atoms. The van der Waals surface area contributed by atoms with Crippen molar-refractivity contribution in [2.75, 3.05) is 13.2 Å². The van der Waals surface area contributed by atoms with Gasteiger partial charge in [-0.05, 0) is 92.4 Å². The first kappa shape index (κ1) is 25.7. The molecule has 3 fully saturated rings. The molecule has 190 valence electrons. The fourth-order valence-corrected chi connectivity index (χ4v) is 9.25. The Bertz CT molecular complexity index is 689. The van der Waals surface area contributed by atoms with E-state index in [1.165, 1.54) is 56.9 Å². The summed E-state index contributed by atoms with van der Waals surface area (Å²) in [5, 5.41) is 10.6. The largest absolute Gasteiger partial charge is 0.393 e. The summed E-state index contributed by atoms with van der Waals surface area (Å²) >= 11 is 0. The average molecular weight is 460 g/mol. The van der Waals surface area contributed by atoms with Gasteiger partial charge >= 0.3 is 0 Å². The maximum Gasteiger partial charge on any atom is 0.0693 e. The monoisotopic (exact) mass is 459 g/mol. The molecule has 0 aromatic carbocycles. The second-order valence-corrected chi connectivity index (χ2v) is 13.3. The predicted octanol–water partition coefficient (Wildman–Crippen LogP) is 6.73. The van der Waals surface area contributed by atoms with Crippen LogP contribution in [0.5, 0.6) is 0 Å². The van der Waals surface area contributed by atoms with Crippen LogP contribution >= 0.6 is 0 Å². The molecular weight excluding hydrogens is 406 g/mol. The van der Waals surface area contributed by atoms with Crippen molar-refractivity contribution >= 4 is 0 Å². The molecule has 4 aliphatic carbocycles. The molecule has 1 unspecified atom stereocenters. The van der Waals surface area contributed by atoms with Crippen molar-refractivity contribution in [3.8, 4) is 0 Å². The maximum atomic E-state index is 10.6. The van der Waals surface area contributed by atoms with E-state index in [0.717, 1.165) is 55.5 Å². The maximum absolute atomic E-state index is 10.6. The number of hydrogen-bond acceptors (Lipinski definition) is 3. The highest BCUT2D eigenvalue weighted by atomic mass is 16.5. The molecule has 4 aliphatic rings.